The van der Waals surface area contributed by atoms with Crippen LogP contribution in [-0.4, -0.2) is 38.3 Å². The average Bonchev–Trinajstić information content (AvgIpc) is 3.25. The van der Waals surface area contributed by atoms with Crippen LogP contribution >= 0.6 is 0 Å². The summed E-state index contributed by atoms with van der Waals surface area (Å²) in [5.74, 6) is 2.74. The van der Waals surface area contributed by atoms with Gasteiger partial charge >= 0.3 is 0 Å². The monoisotopic (exact) mass is 252 g/mol. The second-order valence-corrected chi connectivity index (χ2v) is 6.04. The number of ether oxygens (including phenoxy) is 1. The van der Waals surface area contributed by atoms with Crippen LogP contribution in [0.3, 0.4) is 0 Å². The average molecular weight is 252 g/mol. The van der Waals surface area contributed by atoms with Crippen molar-refractivity contribution < 1.29 is 9.53 Å². The Balaban J connectivity index is 1.37. The molecule has 1 saturated heterocycles. The zero-order chi connectivity index (χ0) is 12.4. The van der Waals surface area contributed by atoms with Crippen molar-refractivity contribution in [2.45, 2.75) is 38.2 Å². The molecule has 0 aromatic heterocycles. The summed E-state index contributed by atoms with van der Waals surface area (Å²) < 4.78 is 5.55. The lowest BCUT2D eigenvalue weighted by Gasteiger charge is -2.23. The van der Waals surface area contributed by atoms with Crippen LogP contribution in [0.2, 0.25) is 0 Å². The molecule has 4 heteroatoms. The van der Waals surface area contributed by atoms with E-state index in [1.807, 2.05) is 0 Å². The summed E-state index contributed by atoms with van der Waals surface area (Å²) in [7, 11) is 0. The highest BCUT2D eigenvalue weighted by Gasteiger charge is 2.41. The summed E-state index contributed by atoms with van der Waals surface area (Å²) in [5.41, 5.74) is 0. The number of nitrogens with one attached hydrogen (secondary N) is 2. The number of hydrogen-bond donors (Lipinski definition) is 2. The minimum atomic E-state index is 0.0686. The maximum atomic E-state index is 11.9. The summed E-state index contributed by atoms with van der Waals surface area (Å²) in [6, 6.07) is 0. The van der Waals surface area contributed by atoms with E-state index in [9.17, 15) is 4.79 Å². The molecule has 4 nitrogen and oxygen atoms in total. The molecule has 0 aromatic carbocycles. The van der Waals surface area contributed by atoms with E-state index in [0.29, 0.717) is 6.42 Å². The van der Waals surface area contributed by atoms with Gasteiger partial charge in [-0.3, -0.25) is 4.79 Å². The third-order valence-electron chi connectivity index (χ3n) is 4.41. The standard InChI is InChI=1S/C14H24N2O2/c17-14(7-12-8-15-5-6-18-12)16-9-13(10-1-2-10)11-3-4-11/h10-13,15H,1-9H2,(H,16,17). The van der Waals surface area contributed by atoms with Gasteiger partial charge in [0.1, 0.15) is 0 Å². The minimum absolute atomic E-state index is 0.0686. The molecule has 2 aliphatic carbocycles. The largest absolute Gasteiger partial charge is 0.375 e. The summed E-state index contributed by atoms with van der Waals surface area (Å²) in [5, 5.41) is 6.38. The summed E-state index contributed by atoms with van der Waals surface area (Å²) >= 11 is 0. The Kier molecular flexibility index (Phi) is 3.85. The van der Waals surface area contributed by atoms with Gasteiger partial charge in [-0.1, -0.05) is 0 Å². The third kappa shape index (κ3) is 3.45. The van der Waals surface area contributed by atoms with E-state index in [2.05, 4.69) is 10.6 Å². The molecule has 1 unspecified atom stereocenters. The Bertz CT molecular complexity index is 282. The molecule has 1 atom stereocenters. The van der Waals surface area contributed by atoms with Crippen LogP contribution in [0.5, 0.6) is 0 Å². The Labute approximate surface area is 109 Å². The topological polar surface area (TPSA) is 50.4 Å². The molecular formula is C14H24N2O2. The van der Waals surface area contributed by atoms with E-state index in [4.69, 9.17) is 4.74 Å². The molecule has 0 spiro atoms. The molecule has 3 fully saturated rings. The van der Waals surface area contributed by atoms with Gasteiger partial charge in [0.25, 0.3) is 0 Å². The first-order valence-corrected chi connectivity index (χ1v) is 7.42. The normalized spacial score (nSPS) is 28.4. The fourth-order valence-electron chi connectivity index (χ4n) is 3.03. The number of carbonyl (C=O) groups excluding carboxylic acids is 1. The van der Waals surface area contributed by atoms with Crippen molar-refractivity contribution >= 4 is 5.91 Å². The van der Waals surface area contributed by atoms with Gasteiger partial charge in [0.15, 0.2) is 0 Å². The zero-order valence-electron chi connectivity index (χ0n) is 11.0. The first-order chi connectivity index (χ1) is 8.83. The highest BCUT2D eigenvalue weighted by molar-refractivity contribution is 5.76. The molecule has 1 aliphatic heterocycles. The predicted molar refractivity (Wildman–Crippen MR) is 69.2 cm³/mol. The molecule has 0 aromatic rings. The molecule has 2 N–H and O–H groups in total. The first-order valence-electron chi connectivity index (χ1n) is 7.42. The van der Waals surface area contributed by atoms with Crippen molar-refractivity contribution in [3.8, 4) is 0 Å². The highest BCUT2D eigenvalue weighted by atomic mass is 16.5. The van der Waals surface area contributed by atoms with Crippen molar-refractivity contribution in [1.82, 2.24) is 10.6 Å². The van der Waals surface area contributed by atoms with Gasteiger partial charge in [0.2, 0.25) is 5.91 Å². The Hall–Kier alpha value is -0.610. The van der Waals surface area contributed by atoms with E-state index in [0.717, 1.165) is 44.0 Å². The number of amides is 1. The molecule has 1 amide bonds. The lowest BCUT2D eigenvalue weighted by Crippen LogP contribution is -2.42. The van der Waals surface area contributed by atoms with Crippen molar-refractivity contribution in [2.24, 2.45) is 17.8 Å². The fourth-order valence-corrected chi connectivity index (χ4v) is 3.03. The lowest BCUT2D eigenvalue weighted by atomic mass is 9.98. The molecule has 3 aliphatic rings. The molecule has 2 saturated carbocycles. The smallest absolute Gasteiger partial charge is 0.222 e. The van der Waals surface area contributed by atoms with Crippen LogP contribution in [0.1, 0.15) is 32.1 Å². The highest BCUT2D eigenvalue weighted by Crippen LogP contribution is 2.48. The first kappa shape index (κ1) is 12.4. The third-order valence-corrected chi connectivity index (χ3v) is 4.41. The van der Waals surface area contributed by atoms with Gasteiger partial charge in [0, 0.05) is 19.6 Å². The Morgan fingerprint density at radius 3 is 2.56 bits per heavy atom. The van der Waals surface area contributed by atoms with Crippen LogP contribution < -0.4 is 10.6 Å². The van der Waals surface area contributed by atoms with Crippen LogP contribution in [0, 0.1) is 17.8 Å². The van der Waals surface area contributed by atoms with E-state index < -0.39 is 0 Å². The molecule has 3 rings (SSSR count). The molecule has 0 radical (unpaired) electrons. The van der Waals surface area contributed by atoms with Crippen molar-refractivity contribution in [3.05, 3.63) is 0 Å². The molecule has 18 heavy (non-hydrogen) atoms. The van der Waals surface area contributed by atoms with E-state index in [-0.39, 0.29) is 12.0 Å². The number of morpholine rings is 1. The summed E-state index contributed by atoms with van der Waals surface area (Å²) in [4.78, 5) is 11.9. The molecular weight excluding hydrogens is 228 g/mol. The number of carbonyl (C=O) groups is 1. The van der Waals surface area contributed by atoms with Gasteiger partial charge in [0.05, 0.1) is 19.1 Å². The number of hydrogen-bond acceptors (Lipinski definition) is 3. The van der Waals surface area contributed by atoms with Crippen molar-refractivity contribution in [3.63, 3.8) is 0 Å². The van der Waals surface area contributed by atoms with Gasteiger partial charge < -0.3 is 15.4 Å². The molecule has 0 bridgehead atoms. The van der Waals surface area contributed by atoms with E-state index in [1.165, 1.54) is 25.7 Å². The van der Waals surface area contributed by atoms with Gasteiger partial charge in [-0.05, 0) is 43.4 Å². The second-order valence-electron chi connectivity index (χ2n) is 6.04. The van der Waals surface area contributed by atoms with E-state index >= 15 is 0 Å². The van der Waals surface area contributed by atoms with Gasteiger partial charge in [-0.15, -0.1) is 0 Å². The fraction of sp³-hybridized carbons (Fsp3) is 0.929. The second kappa shape index (κ2) is 5.57. The maximum Gasteiger partial charge on any atom is 0.222 e. The van der Waals surface area contributed by atoms with Crippen LogP contribution in [0.4, 0.5) is 0 Å². The summed E-state index contributed by atoms with van der Waals surface area (Å²) in [6.07, 6.45) is 6.10. The maximum absolute atomic E-state index is 11.9. The predicted octanol–water partition coefficient (Wildman–Crippen LogP) is 0.917. The quantitative estimate of drug-likeness (QED) is 0.739. The number of rotatable bonds is 6. The van der Waals surface area contributed by atoms with Gasteiger partial charge in [-0.2, -0.15) is 0 Å². The van der Waals surface area contributed by atoms with Crippen molar-refractivity contribution in [2.75, 3.05) is 26.2 Å². The lowest BCUT2D eigenvalue weighted by molar-refractivity contribution is -0.124. The van der Waals surface area contributed by atoms with Crippen molar-refractivity contribution in [1.29, 1.82) is 0 Å². The molecule has 102 valence electrons. The SMILES string of the molecule is O=C(CC1CNCCO1)NCC(C1CC1)C1CC1. The Morgan fingerprint density at radius 2 is 2.00 bits per heavy atom. The minimum Gasteiger partial charge on any atom is -0.375 e. The van der Waals surface area contributed by atoms with Crippen LogP contribution in [0.25, 0.3) is 0 Å². The molecule has 1 heterocycles. The van der Waals surface area contributed by atoms with Gasteiger partial charge in [-0.25, -0.2) is 0 Å². The Morgan fingerprint density at radius 1 is 1.28 bits per heavy atom. The van der Waals surface area contributed by atoms with E-state index in [1.54, 1.807) is 0 Å². The van der Waals surface area contributed by atoms with Crippen LogP contribution in [-0.2, 0) is 9.53 Å². The zero-order valence-corrected chi connectivity index (χ0v) is 11.0. The van der Waals surface area contributed by atoms with Crippen LogP contribution in [0.15, 0.2) is 0 Å². The summed E-state index contributed by atoms with van der Waals surface area (Å²) in [6.45, 7) is 3.34.